The van der Waals surface area contributed by atoms with Gasteiger partial charge in [0.2, 0.25) is 0 Å². The Morgan fingerprint density at radius 3 is 2.58 bits per heavy atom. The topological polar surface area (TPSA) is 56.7 Å². The van der Waals surface area contributed by atoms with Crippen molar-refractivity contribution in [2.24, 2.45) is 5.92 Å². The second kappa shape index (κ2) is 7.09. The van der Waals surface area contributed by atoms with Gasteiger partial charge in [0.25, 0.3) is 0 Å². The van der Waals surface area contributed by atoms with Crippen molar-refractivity contribution >= 4 is 11.7 Å². The van der Waals surface area contributed by atoms with Crippen molar-refractivity contribution < 1.29 is 9.90 Å². The van der Waals surface area contributed by atoms with E-state index in [0.717, 1.165) is 25.3 Å². The number of anilines is 1. The first kappa shape index (κ1) is 15.4. The van der Waals surface area contributed by atoms with Crippen molar-refractivity contribution in [1.29, 1.82) is 0 Å². The molecule has 0 aromatic carbocycles. The van der Waals surface area contributed by atoms with Gasteiger partial charge in [-0.05, 0) is 32.1 Å². The fraction of sp³-hybridized carbons (Fsp3) is 0.571. The lowest BCUT2D eigenvalue weighted by Gasteiger charge is -2.28. The molecular formula is C14H23N3O2. The van der Waals surface area contributed by atoms with Crippen molar-refractivity contribution in [2.75, 3.05) is 38.6 Å². The fourth-order valence-corrected chi connectivity index (χ4v) is 1.82. The van der Waals surface area contributed by atoms with Crippen LogP contribution in [-0.4, -0.2) is 54.7 Å². The molecule has 0 amide bonds. The number of rotatable bonds is 7. The lowest BCUT2D eigenvalue weighted by atomic mass is 10.2. The fourth-order valence-electron chi connectivity index (χ4n) is 1.82. The summed E-state index contributed by atoms with van der Waals surface area (Å²) in [5, 5.41) is 9.00. The lowest BCUT2D eigenvalue weighted by Crippen LogP contribution is -2.34. The van der Waals surface area contributed by atoms with Crippen molar-refractivity contribution in [3.63, 3.8) is 0 Å². The maximum Gasteiger partial charge on any atom is 0.354 e. The summed E-state index contributed by atoms with van der Waals surface area (Å²) in [6.45, 7) is 7.01. The SMILES string of the molecule is CC(C)CN(CCN(C)C)c1ccnc(C(=O)O)c1. The molecule has 0 radical (unpaired) electrons. The van der Waals surface area contributed by atoms with Crippen LogP contribution in [0.5, 0.6) is 0 Å². The van der Waals surface area contributed by atoms with Gasteiger partial charge in [-0.1, -0.05) is 13.8 Å². The second-order valence-electron chi connectivity index (χ2n) is 5.35. The molecule has 1 rings (SSSR count). The van der Waals surface area contributed by atoms with E-state index in [1.165, 1.54) is 0 Å². The number of carboxylic acids is 1. The number of carbonyl (C=O) groups is 1. The Hall–Kier alpha value is -1.62. The van der Waals surface area contributed by atoms with Crippen LogP contribution in [0.3, 0.4) is 0 Å². The molecule has 1 aromatic rings. The molecule has 5 nitrogen and oxygen atoms in total. The van der Waals surface area contributed by atoms with Crippen LogP contribution in [0.25, 0.3) is 0 Å². The lowest BCUT2D eigenvalue weighted by molar-refractivity contribution is 0.0690. The highest BCUT2D eigenvalue weighted by molar-refractivity contribution is 5.86. The van der Waals surface area contributed by atoms with E-state index >= 15 is 0 Å². The summed E-state index contributed by atoms with van der Waals surface area (Å²) >= 11 is 0. The van der Waals surface area contributed by atoms with Crippen molar-refractivity contribution in [3.05, 3.63) is 24.0 Å². The molecule has 19 heavy (non-hydrogen) atoms. The summed E-state index contributed by atoms with van der Waals surface area (Å²) in [4.78, 5) is 19.2. The standard InChI is InChI=1S/C14H23N3O2/c1-11(2)10-17(8-7-16(3)4)12-5-6-15-13(9-12)14(18)19/h5-6,9,11H,7-8,10H2,1-4H3,(H,18,19). The highest BCUT2D eigenvalue weighted by Crippen LogP contribution is 2.16. The van der Waals surface area contributed by atoms with E-state index in [1.807, 2.05) is 20.2 Å². The normalized spacial score (nSPS) is 11.1. The number of hydrogen-bond donors (Lipinski definition) is 1. The zero-order valence-electron chi connectivity index (χ0n) is 12.1. The molecule has 0 aliphatic rings. The highest BCUT2D eigenvalue weighted by Gasteiger charge is 2.12. The summed E-state index contributed by atoms with van der Waals surface area (Å²) in [7, 11) is 4.06. The van der Waals surface area contributed by atoms with Gasteiger partial charge in [0.15, 0.2) is 0 Å². The van der Waals surface area contributed by atoms with Crippen LogP contribution >= 0.6 is 0 Å². The third kappa shape index (κ3) is 5.26. The molecule has 5 heteroatoms. The van der Waals surface area contributed by atoms with Gasteiger partial charge in [0.1, 0.15) is 5.69 Å². The average molecular weight is 265 g/mol. The third-order valence-electron chi connectivity index (χ3n) is 2.73. The summed E-state index contributed by atoms with van der Waals surface area (Å²) in [6.07, 6.45) is 1.56. The molecule has 1 heterocycles. The van der Waals surface area contributed by atoms with Crippen molar-refractivity contribution in [3.8, 4) is 0 Å². The molecule has 0 bridgehead atoms. The molecular weight excluding hydrogens is 242 g/mol. The van der Waals surface area contributed by atoms with E-state index in [2.05, 4.69) is 28.6 Å². The van der Waals surface area contributed by atoms with Crippen LogP contribution in [0.15, 0.2) is 18.3 Å². The van der Waals surface area contributed by atoms with Gasteiger partial charge in [-0.25, -0.2) is 9.78 Å². The van der Waals surface area contributed by atoms with Gasteiger partial charge in [0.05, 0.1) is 0 Å². The van der Waals surface area contributed by atoms with Crippen LogP contribution in [-0.2, 0) is 0 Å². The maximum atomic E-state index is 11.0. The minimum absolute atomic E-state index is 0.0936. The zero-order chi connectivity index (χ0) is 14.4. The Bertz CT molecular complexity index is 419. The molecule has 0 aliphatic heterocycles. The maximum absolute atomic E-state index is 11.0. The molecule has 0 saturated heterocycles. The van der Waals surface area contributed by atoms with Gasteiger partial charge in [-0.3, -0.25) is 0 Å². The van der Waals surface area contributed by atoms with E-state index in [4.69, 9.17) is 5.11 Å². The highest BCUT2D eigenvalue weighted by atomic mass is 16.4. The summed E-state index contributed by atoms with van der Waals surface area (Å²) in [5.74, 6) is -0.470. The zero-order valence-corrected chi connectivity index (χ0v) is 12.1. The minimum atomic E-state index is -0.987. The van der Waals surface area contributed by atoms with E-state index in [-0.39, 0.29) is 5.69 Å². The molecule has 1 aromatic heterocycles. The summed E-state index contributed by atoms with van der Waals surface area (Å²) in [5.41, 5.74) is 1.01. The van der Waals surface area contributed by atoms with Crippen LogP contribution < -0.4 is 4.90 Å². The van der Waals surface area contributed by atoms with E-state index in [9.17, 15) is 4.79 Å². The van der Waals surface area contributed by atoms with Crippen molar-refractivity contribution in [1.82, 2.24) is 9.88 Å². The molecule has 0 spiro atoms. The quantitative estimate of drug-likeness (QED) is 0.814. The van der Waals surface area contributed by atoms with E-state index in [0.29, 0.717) is 5.92 Å². The van der Waals surface area contributed by atoms with Gasteiger partial charge in [0, 0.05) is 31.5 Å². The second-order valence-corrected chi connectivity index (χ2v) is 5.35. The Morgan fingerprint density at radius 1 is 1.37 bits per heavy atom. The Balaban J connectivity index is 2.89. The summed E-state index contributed by atoms with van der Waals surface area (Å²) in [6, 6.07) is 3.50. The molecule has 0 unspecified atom stereocenters. The van der Waals surface area contributed by atoms with Crippen LogP contribution in [0.4, 0.5) is 5.69 Å². The number of likely N-dealkylation sites (N-methyl/N-ethyl adjacent to an activating group) is 1. The first-order valence-electron chi connectivity index (χ1n) is 6.49. The number of pyridine rings is 1. The first-order valence-corrected chi connectivity index (χ1v) is 6.49. The van der Waals surface area contributed by atoms with Gasteiger partial charge in [-0.15, -0.1) is 0 Å². The molecule has 1 N–H and O–H groups in total. The number of carboxylic acid groups (broad SMARTS) is 1. The van der Waals surface area contributed by atoms with Crippen molar-refractivity contribution in [2.45, 2.75) is 13.8 Å². The number of aromatic nitrogens is 1. The third-order valence-corrected chi connectivity index (χ3v) is 2.73. The number of aromatic carboxylic acids is 1. The Morgan fingerprint density at radius 2 is 2.05 bits per heavy atom. The number of nitrogens with zero attached hydrogens (tertiary/aromatic N) is 3. The summed E-state index contributed by atoms with van der Waals surface area (Å²) < 4.78 is 0. The predicted octanol–water partition coefficient (Wildman–Crippen LogP) is 1.80. The van der Waals surface area contributed by atoms with Gasteiger partial charge >= 0.3 is 5.97 Å². The molecule has 0 fully saturated rings. The predicted molar refractivity (Wildman–Crippen MR) is 76.8 cm³/mol. The monoisotopic (exact) mass is 265 g/mol. The van der Waals surface area contributed by atoms with E-state index in [1.54, 1.807) is 12.3 Å². The number of hydrogen-bond acceptors (Lipinski definition) is 4. The van der Waals surface area contributed by atoms with E-state index < -0.39 is 5.97 Å². The molecule has 106 valence electrons. The molecule has 0 saturated carbocycles. The van der Waals surface area contributed by atoms with Gasteiger partial charge in [-0.2, -0.15) is 0 Å². The van der Waals surface area contributed by atoms with Crippen LogP contribution in [0.1, 0.15) is 24.3 Å². The Kier molecular flexibility index (Phi) is 5.76. The van der Waals surface area contributed by atoms with Crippen LogP contribution in [0, 0.1) is 5.92 Å². The largest absolute Gasteiger partial charge is 0.477 e. The van der Waals surface area contributed by atoms with Gasteiger partial charge < -0.3 is 14.9 Å². The Labute approximate surface area is 114 Å². The van der Waals surface area contributed by atoms with Crippen LogP contribution in [0.2, 0.25) is 0 Å². The smallest absolute Gasteiger partial charge is 0.354 e. The first-order chi connectivity index (χ1) is 8.90. The molecule has 0 aliphatic carbocycles. The molecule has 0 atom stereocenters. The minimum Gasteiger partial charge on any atom is -0.477 e. The average Bonchev–Trinajstić information content (AvgIpc) is 2.34.